The van der Waals surface area contributed by atoms with Crippen LogP contribution in [0.15, 0.2) is 12.1 Å². The van der Waals surface area contributed by atoms with E-state index in [0.717, 1.165) is 11.1 Å². The summed E-state index contributed by atoms with van der Waals surface area (Å²) >= 11 is 0. The molecule has 0 heterocycles. The molecule has 2 N–H and O–H groups in total. The summed E-state index contributed by atoms with van der Waals surface area (Å²) in [6, 6.07) is 3.30. The van der Waals surface area contributed by atoms with Gasteiger partial charge in [0.15, 0.2) is 0 Å². The summed E-state index contributed by atoms with van der Waals surface area (Å²) in [7, 11) is 1.41. The van der Waals surface area contributed by atoms with Gasteiger partial charge in [-0.05, 0) is 31.0 Å². The highest BCUT2D eigenvalue weighted by Gasteiger charge is 2.20. The molecule has 0 saturated carbocycles. The highest BCUT2D eigenvalue weighted by molar-refractivity contribution is 5.47. The Balaban J connectivity index is 3.35. The SMILES string of the molecule is COc1c(C(F)F)cc(C)cc1C(C)CN. The van der Waals surface area contributed by atoms with Gasteiger partial charge in [0, 0.05) is 0 Å². The first-order valence-electron chi connectivity index (χ1n) is 5.17. The molecule has 1 aromatic carbocycles. The first kappa shape index (κ1) is 12.9. The van der Waals surface area contributed by atoms with Crippen molar-refractivity contribution in [3.8, 4) is 5.75 Å². The molecule has 0 spiro atoms. The van der Waals surface area contributed by atoms with Crippen LogP contribution in [0.1, 0.15) is 36.0 Å². The summed E-state index contributed by atoms with van der Waals surface area (Å²) < 4.78 is 30.7. The van der Waals surface area contributed by atoms with Crippen molar-refractivity contribution in [2.45, 2.75) is 26.2 Å². The molecule has 16 heavy (non-hydrogen) atoms. The average Bonchev–Trinajstić information content (AvgIpc) is 2.26. The van der Waals surface area contributed by atoms with Crippen LogP contribution in [0.3, 0.4) is 0 Å². The Hall–Kier alpha value is -1.16. The average molecular weight is 229 g/mol. The number of rotatable bonds is 4. The molecule has 1 unspecified atom stereocenters. The molecule has 4 heteroatoms. The van der Waals surface area contributed by atoms with Crippen molar-refractivity contribution in [3.05, 3.63) is 28.8 Å². The minimum Gasteiger partial charge on any atom is -0.496 e. The molecule has 0 radical (unpaired) electrons. The number of benzene rings is 1. The first-order valence-corrected chi connectivity index (χ1v) is 5.17. The second-order valence-corrected chi connectivity index (χ2v) is 3.91. The molecule has 1 rings (SSSR count). The summed E-state index contributed by atoms with van der Waals surface area (Å²) in [4.78, 5) is 0. The third-order valence-corrected chi connectivity index (χ3v) is 2.61. The Morgan fingerprint density at radius 3 is 2.31 bits per heavy atom. The van der Waals surface area contributed by atoms with Crippen molar-refractivity contribution >= 4 is 0 Å². The smallest absolute Gasteiger partial charge is 0.267 e. The van der Waals surface area contributed by atoms with Gasteiger partial charge in [0.25, 0.3) is 6.43 Å². The fourth-order valence-corrected chi connectivity index (χ4v) is 1.72. The van der Waals surface area contributed by atoms with E-state index in [9.17, 15) is 8.78 Å². The Morgan fingerprint density at radius 1 is 1.31 bits per heavy atom. The molecule has 0 aliphatic heterocycles. The van der Waals surface area contributed by atoms with E-state index in [1.807, 2.05) is 13.0 Å². The fourth-order valence-electron chi connectivity index (χ4n) is 1.72. The molecule has 0 amide bonds. The maximum absolute atomic E-state index is 12.8. The van der Waals surface area contributed by atoms with Crippen molar-refractivity contribution in [1.29, 1.82) is 0 Å². The molecule has 0 aliphatic rings. The van der Waals surface area contributed by atoms with Crippen LogP contribution in [0, 0.1) is 6.92 Å². The number of ether oxygens (including phenoxy) is 1. The van der Waals surface area contributed by atoms with Crippen molar-refractivity contribution in [3.63, 3.8) is 0 Å². The number of hydrogen-bond donors (Lipinski definition) is 1. The van der Waals surface area contributed by atoms with Crippen LogP contribution < -0.4 is 10.5 Å². The van der Waals surface area contributed by atoms with Crippen molar-refractivity contribution < 1.29 is 13.5 Å². The predicted molar refractivity (Wildman–Crippen MR) is 60.2 cm³/mol. The predicted octanol–water partition coefficient (Wildman–Crippen LogP) is 3.00. The molecule has 0 aromatic heterocycles. The van der Waals surface area contributed by atoms with Crippen LogP contribution in [-0.2, 0) is 0 Å². The number of nitrogens with two attached hydrogens (primary N) is 1. The molecular weight excluding hydrogens is 212 g/mol. The summed E-state index contributed by atoms with van der Waals surface area (Å²) in [6.07, 6.45) is -2.53. The maximum Gasteiger partial charge on any atom is 0.267 e. The van der Waals surface area contributed by atoms with Gasteiger partial charge in [0.1, 0.15) is 5.75 Å². The minimum absolute atomic E-state index is 0.00681. The first-order chi connectivity index (χ1) is 7.51. The second-order valence-electron chi connectivity index (χ2n) is 3.91. The number of hydrogen-bond acceptors (Lipinski definition) is 2. The third kappa shape index (κ3) is 2.50. The molecular formula is C12H17F2NO. The lowest BCUT2D eigenvalue weighted by molar-refractivity contribution is 0.146. The minimum atomic E-state index is -2.53. The summed E-state index contributed by atoms with van der Waals surface area (Å²) in [5.41, 5.74) is 7.05. The van der Waals surface area contributed by atoms with Crippen molar-refractivity contribution in [2.75, 3.05) is 13.7 Å². The van der Waals surface area contributed by atoms with E-state index in [-0.39, 0.29) is 17.2 Å². The van der Waals surface area contributed by atoms with E-state index >= 15 is 0 Å². The standard InChI is InChI=1S/C12H17F2NO/c1-7-4-9(8(2)6-15)11(16-3)10(5-7)12(13)14/h4-5,8,12H,6,15H2,1-3H3. The summed E-state index contributed by atoms with van der Waals surface area (Å²) in [6.45, 7) is 4.09. The largest absolute Gasteiger partial charge is 0.496 e. The monoisotopic (exact) mass is 229 g/mol. The van der Waals surface area contributed by atoms with Gasteiger partial charge in [-0.2, -0.15) is 0 Å². The van der Waals surface area contributed by atoms with Crippen LogP contribution in [0.2, 0.25) is 0 Å². The Labute approximate surface area is 94.4 Å². The van der Waals surface area contributed by atoms with E-state index < -0.39 is 6.43 Å². The Morgan fingerprint density at radius 2 is 1.88 bits per heavy atom. The molecule has 90 valence electrons. The number of alkyl halides is 2. The molecule has 0 aliphatic carbocycles. The van der Waals surface area contributed by atoms with Crippen LogP contribution >= 0.6 is 0 Å². The van der Waals surface area contributed by atoms with E-state index in [1.54, 1.807) is 6.92 Å². The van der Waals surface area contributed by atoms with Crippen LogP contribution in [0.5, 0.6) is 5.75 Å². The zero-order valence-corrected chi connectivity index (χ0v) is 9.76. The van der Waals surface area contributed by atoms with Gasteiger partial charge in [0.2, 0.25) is 0 Å². The molecule has 0 fully saturated rings. The summed E-state index contributed by atoms with van der Waals surface area (Å²) in [5, 5.41) is 0. The molecule has 2 nitrogen and oxygen atoms in total. The molecule has 0 bridgehead atoms. The van der Waals surface area contributed by atoms with Crippen LogP contribution in [0.4, 0.5) is 8.78 Å². The normalized spacial score (nSPS) is 12.9. The van der Waals surface area contributed by atoms with E-state index in [2.05, 4.69) is 0 Å². The van der Waals surface area contributed by atoms with Gasteiger partial charge in [-0.1, -0.05) is 18.6 Å². The van der Waals surface area contributed by atoms with E-state index in [0.29, 0.717) is 6.54 Å². The van der Waals surface area contributed by atoms with Gasteiger partial charge in [-0.15, -0.1) is 0 Å². The second kappa shape index (κ2) is 5.25. The zero-order chi connectivity index (χ0) is 12.3. The van der Waals surface area contributed by atoms with E-state index in [4.69, 9.17) is 10.5 Å². The maximum atomic E-state index is 12.8. The van der Waals surface area contributed by atoms with Crippen LogP contribution in [-0.4, -0.2) is 13.7 Å². The lowest BCUT2D eigenvalue weighted by Crippen LogP contribution is -2.11. The third-order valence-electron chi connectivity index (χ3n) is 2.61. The van der Waals surface area contributed by atoms with Gasteiger partial charge >= 0.3 is 0 Å². The molecule has 0 saturated heterocycles. The summed E-state index contributed by atoms with van der Waals surface area (Å²) in [5.74, 6) is 0.269. The Bertz CT molecular complexity index is 366. The van der Waals surface area contributed by atoms with E-state index in [1.165, 1.54) is 13.2 Å². The highest BCUT2D eigenvalue weighted by Crippen LogP contribution is 2.36. The van der Waals surface area contributed by atoms with Crippen molar-refractivity contribution in [1.82, 2.24) is 0 Å². The van der Waals surface area contributed by atoms with Gasteiger partial charge in [-0.3, -0.25) is 0 Å². The number of halogens is 2. The lowest BCUT2D eigenvalue weighted by atomic mass is 9.95. The number of aryl methyl sites for hydroxylation is 1. The van der Waals surface area contributed by atoms with Gasteiger partial charge in [-0.25, -0.2) is 8.78 Å². The topological polar surface area (TPSA) is 35.2 Å². The van der Waals surface area contributed by atoms with Crippen molar-refractivity contribution in [2.24, 2.45) is 5.73 Å². The fraction of sp³-hybridized carbons (Fsp3) is 0.500. The molecule has 1 aromatic rings. The van der Waals surface area contributed by atoms with Crippen LogP contribution in [0.25, 0.3) is 0 Å². The zero-order valence-electron chi connectivity index (χ0n) is 9.76. The Kier molecular flexibility index (Phi) is 4.24. The lowest BCUT2D eigenvalue weighted by Gasteiger charge is -2.18. The highest BCUT2D eigenvalue weighted by atomic mass is 19.3. The van der Waals surface area contributed by atoms with Gasteiger partial charge < -0.3 is 10.5 Å². The quantitative estimate of drug-likeness (QED) is 0.861. The number of methoxy groups -OCH3 is 1. The molecule has 1 atom stereocenters. The van der Waals surface area contributed by atoms with Gasteiger partial charge in [0.05, 0.1) is 12.7 Å².